The van der Waals surface area contributed by atoms with Gasteiger partial charge in [0, 0.05) is 24.8 Å². The molecule has 31 heavy (non-hydrogen) atoms. The van der Waals surface area contributed by atoms with Crippen LogP contribution < -0.4 is 10.1 Å². The Hall–Kier alpha value is -1.91. The maximum atomic E-state index is 12.4. The molecule has 5 heteroatoms. The van der Waals surface area contributed by atoms with Gasteiger partial charge in [-0.05, 0) is 94.9 Å². The van der Waals surface area contributed by atoms with Crippen LogP contribution in [-0.2, 0) is 4.74 Å². The summed E-state index contributed by atoms with van der Waals surface area (Å²) in [6.07, 6.45) is 6.94. The Morgan fingerprint density at radius 3 is 2.19 bits per heavy atom. The van der Waals surface area contributed by atoms with Crippen molar-refractivity contribution in [2.45, 2.75) is 97.8 Å². The first-order valence-corrected chi connectivity index (χ1v) is 12.0. The molecule has 0 spiro atoms. The number of anilines is 1. The molecule has 2 aliphatic rings. The van der Waals surface area contributed by atoms with Gasteiger partial charge in [-0.3, -0.25) is 0 Å². The lowest BCUT2D eigenvalue weighted by Crippen LogP contribution is -2.46. The minimum Gasteiger partial charge on any atom is -0.490 e. The number of likely N-dealkylation sites (tertiary alicyclic amines) is 1. The van der Waals surface area contributed by atoms with Crippen LogP contribution in [0.25, 0.3) is 0 Å². The molecular formula is C26H42N2O3. The third-order valence-electron chi connectivity index (χ3n) is 6.50. The number of nitrogens with zero attached hydrogens (tertiary/aromatic N) is 1. The van der Waals surface area contributed by atoms with Crippen molar-refractivity contribution in [2.75, 3.05) is 18.4 Å². The highest BCUT2D eigenvalue weighted by Crippen LogP contribution is 2.38. The summed E-state index contributed by atoms with van der Waals surface area (Å²) in [5, 5.41) is 3.58. The molecule has 1 N–H and O–H groups in total. The van der Waals surface area contributed by atoms with Gasteiger partial charge in [0.25, 0.3) is 0 Å². The summed E-state index contributed by atoms with van der Waals surface area (Å²) in [6, 6.07) is 8.53. The van der Waals surface area contributed by atoms with Gasteiger partial charge >= 0.3 is 6.09 Å². The third kappa shape index (κ3) is 7.33. The fourth-order valence-electron chi connectivity index (χ4n) is 4.69. The predicted molar refractivity (Wildman–Crippen MR) is 127 cm³/mol. The first-order valence-electron chi connectivity index (χ1n) is 12.0. The van der Waals surface area contributed by atoms with Gasteiger partial charge in [0.2, 0.25) is 0 Å². The highest BCUT2D eigenvalue weighted by atomic mass is 16.6. The highest BCUT2D eigenvalue weighted by Gasteiger charge is 2.30. The Labute approximate surface area is 188 Å². The second kappa shape index (κ2) is 9.70. The van der Waals surface area contributed by atoms with Gasteiger partial charge in [0.05, 0.1) is 6.10 Å². The van der Waals surface area contributed by atoms with Crippen LogP contribution in [0.3, 0.4) is 0 Å². The van der Waals surface area contributed by atoms with Crippen molar-refractivity contribution in [2.24, 2.45) is 11.3 Å². The number of carbonyl (C=O) groups is 1. The van der Waals surface area contributed by atoms with Crippen LogP contribution in [0.1, 0.15) is 80.1 Å². The summed E-state index contributed by atoms with van der Waals surface area (Å²) in [5.41, 5.74) is 1.01. The number of nitrogens with one attached hydrogen (secondary N) is 1. The molecule has 1 saturated carbocycles. The third-order valence-corrected chi connectivity index (χ3v) is 6.50. The molecule has 0 aromatic heterocycles. The molecule has 3 rings (SSSR count). The van der Waals surface area contributed by atoms with Crippen LogP contribution in [0, 0.1) is 11.3 Å². The number of hydrogen-bond donors (Lipinski definition) is 1. The van der Waals surface area contributed by atoms with Crippen molar-refractivity contribution in [3.8, 4) is 5.75 Å². The summed E-state index contributed by atoms with van der Waals surface area (Å²) in [4.78, 5) is 14.2. The zero-order chi connectivity index (χ0) is 22.6. The van der Waals surface area contributed by atoms with Crippen LogP contribution in [-0.4, -0.2) is 41.8 Å². The molecule has 2 fully saturated rings. The average Bonchev–Trinajstić information content (AvgIpc) is 2.68. The van der Waals surface area contributed by atoms with E-state index < -0.39 is 5.60 Å². The molecule has 1 amide bonds. The number of benzene rings is 1. The Balaban J connectivity index is 1.47. The zero-order valence-corrected chi connectivity index (χ0v) is 20.4. The highest BCUT2D eigenvalue weighted by molar-refractivity contribution is 5.68. The quantitative estimate of drug-likeness (QED) is 0.594. The smallest absolute Gasteiger partial charge is 0.410 e. The number of rotatable bonds is 4. The molecule has 174 valence electrons. The lowest BCUT2D eigenvalue weighted by atomic mass is 9.72. The summed E-state index contributed by atoms with van der Waals surface area (Å²) < 4.78 is 11.8. The van der Waals surface area contributed by atoms with Crippen molar-refractivity contribution in [1.29, 1.82) is 0 Å². The molecule has 1 heterocycles. The van der Waals surface area contributed by atoms with E-state index in [4.69, 9.17) is 9.47 Å². The molecule has 0 radical (unpaired) electrons. The van der Waals surface area contributed by atoms with E-state index in [-0.39, 0.29) is 12.1 Å². The van der Waals surface area contributed by atoms with Crippen molar-refractivity contribution < 1.29 is 14.3 Å². The molecule has 1 aromatic rings. The summed E-state index contributed by atoms with van der Waals surface area (Å²) in [6.45, 7) is 14.2. The number of piperidine rings is 1. The van der Waals surface area contributed by atoms with Crippen LogP contribution in [0.4, 0.5) is 10.5 Å². The molecule has 5 nitrogen and oxygen atoms in total. The van der Waals surface area contributed by atoms with E-state index in [0.29, 0.717) is 18.1 Å². The van der Waals surface area contributed by atoms with Crippen molar-refractivity contribution in [3.63, 3.8) is 0 Å². The monoisotopic (exact) mass is 430 g/mol. The molecule has 1 aliphatic heterocycles. The molecular weight excluding hydrogens is 388 g/mol. The topological polar surface area (TPSA) is 50.8 Å². The number of amides is 1. The molecule has 1 unspecified atom stereocenters. The van der Waals surface area contributed by atoms with Gasteiger partial charge in [0.1, 0.15) is 11.4 Å². The van der Waals surface area contributed by atoms with Gasteiger partial charge in [-0.1, -0.05) is 20.8 Å². The lowest BCUT2D eigenvalue weighted by molar-refractivity contribution is 0.0206. The Bertz CT molecular complexity index is 710. The second-order valence-electron chi connectivity index (χ2n) is 11.4. The van der Waals surface area contributed by atoms with E-state index >= 15 is 0 Å². The Kier molecular flexibility index (Phi) is 7.43. The molecule has 1 aromatic carbocycles. The van der Waals surface area contributed by atoms with Crippen LogP contribution in [0.2, 0.25) is 0 Å². The summed E-state index contributed by atoms with van der Waals surface area (Å²) in [7, 11) is 0. The number of ether oxygens (including phenoxy) is 2. The van der Waals surface area contributed by atoms with E-state index in [0.717, 1.165) is 49.6 Å². The zero-order valence-electron chi connectivity index (χ0n) is 20.4. The normalized spacial score (nSPS) is 25.1. The van der Waals surface area contributed by atoms with Crippen LogP contribution in [0.15, 0.2) is 24.3 Å². The van der Waals surface area contributed by atoms with Gasteiger partial charge in [-0.25, -0.2) is 4.79 Å². The van der Waals surface area contributed by atoms with Gasteiger partial charge in [-0.15, -0.1) is 0 Å². The number of hydrogen-bond acceptors (Lipinski definition) is 4. The summed E-state index contributed by atoms with van der Waals surface area (Å²) >= 11 is 0. The first kappa shape index (κ1) is 23.7. The SMILES string of the molecule is CC(C)(C)OC(=O)N1CCCC(Nc2ccc(OC3CCC(C(C)(C)C)CC3)cc2)C1. The fourth-order valence-corrected chi connectivity index (χ4v) is 4.69. The molecule has 1 aliphatic carbocycles. The van der Waals surface area contributed by atoms with Gasteiger partial charge in [-0.2, -0.15) is 0 Å². The standard InChI is InChI=1S/C26H42N2O3/c1-25(2,3)19-9-13-22(14-10-19)30-23-15-11-20(12-16-23)27-21-8-7-17-28(18-21)24(29)31-26(4,5)6/h11-12,15-16,19,21-22,27H,7-10,13-14,17-18H2,1-6H3. The molecule has 1 saturated heterocycles. The van der Waals surface area contributed by atoms with E-state index in [2.05, 4.69) is 50.4 Å². The number of carbonyl (C=O) groups excluding carboxylic acids is 1. The minimum atomic E-state index is -0.459. The minimum absolute atomic E-state index is 0.219. The maximum absolute atomic E-state index is 12.4. The van der Waals surface area contributed by atoms with Crippen LogP contribution in [0.5, 0.6) is 5.75 Å². The molecule has 1 atom stereocenters. The van der Waals surface area contributed by atoms with E-state index in [1.807, 2.05) is 25.7 Å². The predicted octanol–water partition coefficient (Wildman–Crippen LogP) is 6.48. The van der Waals surface area contributed by atoms with Crippen molar-refractivity contribution >= 4 is 11.8 Å². The average molecular weight is 431 g/mol. The van der Waals surface area contributed by atoms with Gasteiger partial charge in [0.15, 0.2) is 0 Å². The van der Waals surface area contributed by atoms with E-state index in [1.165, 1.54) is 12.8 Å². The Morgan fingerprint density at radius 2 is 1.61 bits per heavy atom. The molecule has 0 bridgehead atoms. The van der Waals surface area contributed by atoms with E-state index in [1.54, 1.807) is 0 Å². The summed E-state index contributed by atoms with van der Waals surface area (Å²) in [5.74, 6) is 1.75. The lowest BCUT2D eigenvalue weighted by Gasteiger charge is -2.37. The largest absolute Gasteiger partial charge is 0.490 e. The maximum Gasteiger partial charge on any atom is 0.410 e. The second-order valence-corrected chi connectivity index (χ2v) is 11.4. The van der Waals surface area contributed by atoms with Crippen LogP contribution >= 0.6 is 0 Å². The Morgan fingerprint density at radius 1 is 0.968 bits per heavy atom. The van der Waals surface area contributed by atoms with Gasteiger partial charge < -0.3 is 19.7 Å². The fraction of sp³-hybridized carbons (Fsp3) is 0.731. The van der Waals surface area contributed by atoms with E-state index in [9.17, 15) is 4.79 Å². The van der Waals surface area contributed by atoms with Crippen molar-refractivity contribution in [3.05, 3.63) is 24.3 Å². The van der Waals surface area contributed by atoms with Crippen molar-refractivity contribution in [1.82, 2.24) is 4.90 Å². The first-order chi connectivity index (χ1) is 14.5.